The number of hydrogen-bond donors (Lipinski definition) is 1. The Labute approximate surface area is 255 Å². The maximum absolute atomic E-state index is 16.2. The average molecular weight is 622 g/mol. The molecule has 3 aromatic heterocycles. The van der Waals surface area contributed by atoms with Crippen molar-refractivity contribution in [3.05, 3.63) is 59.8 Å². The molecule has 2 fully saturated rings. The molecule has 45 heavy (non-hydrogen) atoms. The standard InChI is InChI=1S/C31H30F3N7O4/c1-4-44-21-12-18(29(42)37-22-13-16(26(32)33)7-8-35-22)11-20-23(21)24-25-28(41(20)34)36-9-10-39(25)27(38-24)17-5-6-19-14-31(2,3)45-30(43)40(19)15-17/h7-13,17,19,26H,4-6,14-15H2,1-3H3,(H,35,37,42). The predicted molar refractivity (Wildman–Crippen MR) is 158 cm³/mol. The van der Waals surface area contributed by atoms with E-state index in [1.54, 1.807) is 22.4 Å². The highest BCUT2D eigenvalue weighted by Crippen LogP contribution is 2.51. The van der Waals surface area contributed by atoms with Crippen molar-refractivity contribution in [1.82, 2.24) is 24.3 Å². The van der Waals surface area contributed by atoms with Gasteiger partial charge in [-0.3, -0.25) is 9.20 Å². The summed E-state index contributed by atoms with van der Waals surface area (Å²) in [5.74, 6) is -0.0779. The molecule has 4 aromatic rings. The highest BCUT2D eigenvalue weighted by Gasteiger charge is 2.44. The number of amides is 2. The zero-order valence-electron chi connectivity index (χ0n) is 24.8. The van der Waals surface area contributed by atoms with Crippen molar-refractivity contribution >= 4 is 34.8 Å². The molecule has 6 heterocycles. The number of nitrogens with zero attached hydrogens (tertiary/aromatic N) is 6. The third-order valence-electron chi connectivity index (χ3n) is 8.51. The number of benzene rings is 1. The third kappa shape index (κ3) is 4.88. The number of hydrogen-bond acceptors (Lipinski definition) is 8. The van der Waals surface area contributed by atoms with Gasteiger partial charge < -0.3 is 19.7 Å². The summed E-state index contributed by atoms with van der Waals surface area (Å²) < 4.78 is 56.0. The number of imidazole rings is 1. The molecule has 14 heteroatoms. The van der Waals surface area contributed by atoms with Gasteiger partial charge in [0.25, 0.3) is 12.3 Å². The first-order chi connectivity index (χ1) is 21.5. The normalized spacial score (nSPS) is 20.1. The lowest BCUT2D eigenvalue weighted by Gasteiger charge is -2.46. The number of pyridine rings is 1. The molecule has 7 rings (SSSR count). The Hall–Kier alpha value is -4.88. The smallest absolute Gasteiger partial charge is 0.410 e. The van der Waals surface area contributed by atoms with Crippen LogP contribution >= 0.6 is 0 Å². The van der Waals surface area contributed by atoms with Crippen molar-refractivity contribution in [2.45, 2.75) is 64.0 Å². The molecule has 0 bridgehead atoms. The number of anilines is 3. The number of piperidine rings is 1. The van der Waals surface area contributed by atoms with Crippen LogP contribution in [0.2, 0.25) is 0 Å². The van der Waals surface area contributed by atoms with Gasteiger partial charge in [-0.15, -0.1) is 0 Å². The van der Waals surface area contributed by atoms with E-state index >= 15 is 4.48 Å². The van der Waals surface area contributed by atoms with Gasteiger partial charge in [0, 0.05) is 54.6 Å². The molecular weight excluding hydrogens is 591 g/mol. The zero-order valence-corrected chi connectivity index (χ0v) is 24.8. The van der Waals surface area contributed by atoms with E-state index < -0.39 is 17.9 Å². The molecule has 2 amide bonds. The molecule has 3 aliphatic heterocycles. The second-order valence-electron chi connectivity index (χ2n) is 12.0. The van der Waals surface area contributed by atoms with Crippen LogP contribution in [0.3, 0.4) is 0 Å². The van der Waals surface area contributed by atoms with E-state index in [1.165, 1.54) is 24.5 Å². The summed E-state index contributed by atoms with van der Waals surface area (Å²) in [6.07, 6.45) is 3.55. The van der Waals surface area contributed by atoms with Crippen LogP contribution in [0.4, 0.5) is 35.4 Å². The predicted octanol–water partition coefficient (Wildman–Crippen LogP) is 6.58. The van der Waals surface area contributed by atoms with E-state index in [1.807, 2.05) is 13.8 Å². The van der Waals surface area contributed by atoms with E-state index in [0.717, 1.165) is 31.4 Å². The molecule has 0 radical (unpaired) electrons. The van der Waals surface area contributed by atoms with E-state index in [0.29, 0.717) is 34.3 Å². The third-order valence-corrected chi connectivity index (χ3v) is 8.51. The number of ether oxygens (including phenoxy) is 2. The van der Waals surface area contributed by atoms with Crippen LogP contribution in [0.25, 0.3) is 16.8 Å². The first-order valence-corrected chi connectivity index (χ1v) is 14.7. The lowest BCUT2D eigenvalue weighted by Crippen LogP contribution is -2.55. The van der Waals surface area contributed by atoms with Gasteiger partial charge in [0.2, 0.25) is 0 Å². The molecule has 2 saturated heterocycles. The number of carbonyl (C=O) groups is 2. The first-order valence-electron chi connectivity index (χ1n) is 14.7. The Balaban J connectivity index is 1.28. The highest BCUT2D eigenvalue weighted by molar-refractivity contribution is 6.08. The van der Waals surface area contributed by atoms with Gasteiger partial charge in [-0.2, -0.15) is 5.12 Å². The number of fused-ring (bicyclic) bond motifs is 3. The van der Waals surface area contributed by atoms with E-state index in [-0.39, 0.29) is 58.9 Å². The van der Waals surface area contributed by atoms with Crippen molar-refractivity contribution in [2.24, 2.45) is 0 Å². The topological polar surface area (TPSA) is 114 Å². The van der Waals surface area contributed by atoms with Gasteiger partial charge in [-0.1, -0.05) is 4.48 Å². The number of halogens is 3. The van der Waals surface area contributed by atoms with E-state index in [4.69, 9.17) is 14.5 Å². The number of cyclic esters (lactones) is 1. The number of alkyl halides is 2. The van der Waals surface area contributed by atoms with Crippen LogP contribution in [-0.2, 0) is 4.74 Å². The van der Waals surface area contributed by atoms with Crippen LogP contribution in [0.5, 0.6) is 5.75 Å². The fourth-order valence-corrected chi connectivity index (χ4v) is 6.58. The monoisotopic (exact) mass is 621 g/mol. The highest BCUT2D eigenvalue weighted by atomic mass is 19.3. The molecule has 0 saturated carbocycles. The number of rotatable bonds is 6. The van der Waals surface area contributed by atoms with Gasteiger partial charge in [0.05, 0.1) is 17.9 Å². The zero-order chi connectivity index (χ0) is 31.6. The number of aromatic nitrogens is 4. The summed E-state index contributed by atoms with van der Waals surface area (Å²) in [7, 11) is 0. The summed E-state index contributed by atoms with van der Waals surface area (Å²) in [5.41, 5.74) is 0.385. The van der Waals surface area contributed by atoms with Gasteiger partial charge in [0.15, 0.2) is 5.82 Å². The summed E-state index contributed by atoms with van der Waals surface area (Å²) in [6, 6.07) is 5.10. The SMILES string of the molecule is CCOc1cc(C(=O)Nc2cc(C(F)F)ccn2)cc2c1-c1nc(C3CCC4CC(C)(C)OC(=O)N4C3)n3ccnc(c13)N2F. The van der Waals surface area contributed by atoms with Crippen LogP contribution in [0.15, 0.2) is 42.9 Å². The molecule has 2 unspecified atom stereocenters. The Kier molecular flexibility index (Phi) is 6.82. The summed E-state index contributed by atoms with van der Waals surface area (Å²) in [4.78, 5) is 41.2. The van der Waals surface area contributed by atoms with Crippen molar-refractivity contribution in [3.8, 4) is 17.0 Å². The molecule has 0 spiro atoms. The second-order valence-corrected chi connectivity index (χ2v) is 12.0. The molecular formula is C31H30F3N7O4. The van der Waals surface area contributed by atoms with Crippen molar-refractivity contribution in [2.75, 3.05) is 23.6 Å². The minimum absolute atomic E-state index is 0.0105. The maximum atomic E-state index is 16.2. The number of nitrogens with one attached hydrogen (secondary N) is 1. The minimum atomic E-state index is -2.74. The van der Waals surface area contributed by atoms with Crippen LogP contribution in [-0.4, -0.2) is 61.0 Å². The van der Waals surface area contributed by atoms with Gasteiger partial charge in [0.1, 0.15) is 34.2 Å². The Morgan fingerprint density at radius 3 is 2.80 bits per heavy atom. The van der Waals surface area contributed by atoms with Crippen LogP contribution in [0.1, 0.15) is 74.1 Å². The van der Waals surface area contributed by atoms with Crippen LogP contribution in [0, 0.1) is 0 Å². The van der Waals surface area contributed by atoms with Crippen molar-refractivity contribution in [1.29, 1.82) is 0 Å². The second kappa shape index (κ2) is 10.6. The van der Waals surface area contributed by atoms with E-state index in [9.17, 15) is 18.4 Å². The van der Waals surface area contributed by atoms with Crippen molar-refractivity contribution < 1.29 is 32.3 Å². The molecule has 11 nitrogen and oxygen atoms in total. The largest absolute Gasteiger partial charge is 0.493 e. The maximum Gasteiger partial charge on any atom is 0.410 e. The van der Waals surface area contributed by atoms with Crippen LogP contribution < -0.4 is 15.2 Å². The summed E-state index contributed by atoms with van der Waals surface area (Å²) in [5, 5.41) is 2.89. The lowest BCUT2D eigenvalue weighted by molar-refractivity contribution is -0.0603. The fraction of sp³-hybridized carbons (Fsp3) is 0.387. The molecule has 1 aromatic carbocycles. The van der Waals surface area contributed by atoms with Gasteiger partial charge >= 0.3 is 6.09 Å². The first kappa shape index (κ1) is 28.9. The molecule has 0 aliphatic carbocycles. The Morgan fingerprint density at radius 1 is 1.20 bits per heavy atom. The fourth-order valence-electron chi connectivity index (χ4n) is 6.58. The summed E-state index contributed by atoms with van der Waals surface area (Å²) >= 11 is 0. The number of carbonyl (C=O) groups excluding carboxylic acids is 2. The van der Waals surface area contributed by atoms with Gasteiger partial charge in [-0.05, 0) is 57.9 Å². The summed E-state index contributed by atoms with van der Waals surface area (Å²) in [6.45, 7) is 6.21. The molecule has 3 aliphatic rings. The Morgan fingerprint density at radius 2 is 2.02 bits per heavy atom. The lowest BCUT2D eigenvalue weighted by atomic mass is 9.85. The molecule has 234 valence electrons. The van der Waals surface area contributed by atoms with E-state index in [2.05, 4.69) is 15.3 Å². The minimum Gasteiger partial charge on any atom is -0.493 e. The molecule has 2 atom stereocenters. The van der Waals surface area contributed by atoms with Crippen molar-refractivity contribution in [3.63, 3.8) is 0 Å². The Bertz CT molecular complexity index is 1850. The van der Waals surface area contributed by atoms with Gasteiger partial charge in [-0.25, -0.2) is 28.5 Å². The quantitative estimate of drug-likeness (QED) is 0.240. The average Bonchev–Trinajstić information content (AvgIpc) is 3.39. The molecule has 1 N–H and O–H groups in total.